The molecule has 1 aliphatic carbocycles. The number of nitrogens with zero attached hydrogens (tertiary/aromatic N) is 2. The zero-order valence-electron chi connectivity index (χ0n) is 15.6. The number of benzene rings is 2. The van der Waals surface area contributed by atoms with E-state index in [-0.39, 0.29) is 5.56 Å². The molecule has 0 saturated carbocycles. The van der Waals surface area contributed by atoms with Crippen molar-refractivity contribution in [2.75, 3.05) is 5.32 Å². The van der Waals surface area contributed by atoms with Gasteiger partial charge in [0.2, 0.25) is 0 Å². The summed E-state index contributed by atoms with van der Waals surface area (Å²) >= 11 is 12.0. The fourth-order valence-corrected chi connectivity index (χ4v) is 3.92. The molecule has 1 aliphatic rings. The highest BCUT2D eigenvalue weighted by Gasteiger charge is 2.39. The van der Waals surface area contributed by atoms with Crippen molar-refractivity contribution in [1.82, 2.24) is 9.78 Å². The summed E-state index contributed by atoms with van der Waals surface area (Å²) in [6.07, 6.45) is -2.06. The Morgan fingerprint density at radius 2 is 1.73 bits per heavy atom. The summed E-state index contributed by atoms with van der Waals surface area (Å²) in [4.78, 5) is 12.5. The van der Waals surface area contributed by atoms with Gasteiger partial charge in [-0.05, 0) is 68.1 Å². The fourth-order valence-electron chi connectivity index (χ4n) is 3.58. The molecular weight excluding hydrogens is 438 g/mol. The van der Waals surface area contributed by atoms with Crippen molar-refractivity contribution in [2.24, 2.45) is 0 Å². The van der Waals surface area contributed by atoms with Gasteiger partial charge < -0.3 is 5.32 Å². The maximum Gasteiger partial charge on any atom is 0.435 e. The van der Waals surface area contributed by atoms with Crippen LogP contribution < -0.4 is 5.32 Å². The topological polar surface area (TPSA) is 46.9 Å². The second-order valence-electron chi connectivity index (χ2n) is 7.02. The summed E-state index contributed by atoms with van der Waals surface area (Å²) in [6, 6.07) is 10.9. The van der Waals surface area contributed by atoms with Gasteiger partial charge >= 0.3 is 6.18 Å². The van der Waals surface area contributed by atoms with Crippen LogP contribution in [0.4, 0.5) is 18.9 Å². The van der Waals surface area contributed by atoms with E-state index < -0.39 is 17.8 Å². The number of rotatable bonds is 3. The number of aromatic nitrogens is 2. The summed E-state index contributed by atoms with van der Waals surface area (Å²) < 4.78 is 41.5. The van der Waals surface area contributed by atoms with Gasteiger partial charge in [-0.2, -0.15) is 18.3 Å². The number of fused-ring (bicyclic) bond motifs is 1. The van der Waals surface area contributed by atoms with Gasteiger partial charge in [0.15, 0.2) is 5.69 Å². The molecule has 0 radical (unpaired) electrons. The Hall–Kier alpha value is -2.51. The molecule has 1 aromatic heterocycles. The number of nitrogens with one attached hydrogen (secondary N) is 1. The third-order valence-corrected chi connectivity index (χ3v) is 5.56. The predicted molar refractivity (Wildman–Crippen MR) is 110 cm³/mol. The zero-order chi connectivity index (χ0) is 21.5. The summed E-state index contributed by atoms with van der Waals surface area (Å²) in [5, 5.41) is 7.29. The molecule has 30 heavy (non-hydrogen) atoms. The van der Waals surface area contributed by atoms with Crippen LogP contribution in [0.5, 0.6) is 0 Å². The summed E-state index contributed by atoms with van der Waals surface area (Å²) in [5.41, 5.74) is 1.19. The first kappa shape index (κ1) is 20.8. The van der Waals surface area contributed by atoms with E-state index in [2.05, 4.69) is 10.4 Å². The maximum absolute atomic E-state index is 13.4. The summed E-state index contributed by atoms with van der Waals surface area (Å²) in [6.45, 7) is 0. The molecule has 0 spiro atoms. The van der Waals surface area contributed by atoms with E-state index in [1.165, 1.54) is 22.9 Å². The Balaban J connectivity index is 1.62. The van der Waals surface area contributed by atoms with Gasteiger partial charge in [-0.15, -0.1) is 0 Å². The minimum atomic E-state index is -4.50. The van der Waals surface area contributed by atoms with Crippen LogP contribution in [-0.4, -0.2) is 15.7 Å². The van der Waals surface area contributed by atoms with E-state index >= 15 is 0 Å². The predicted octanol–water partition coefficient (Wildman–Crippen LogP) is 6.33. The Kier molecular flexibility index (Phi) is 5.51. The lowest BCUT2D eigenvalue weighted by Gasteiger charge is -2.15. The number of hydrogen-bond acceptors (Lipinski definition) is 2. The molecular formula is C21H16Cl2F3N3O. The highest BCUT2D eigenvalue weighted by molar-refractivity contribution is 6.35. The lowest BCUT2D eigenvalue weighted by atomic mass is 9.95. The zero-order valence-corrected chi connectivity index (χ0v) is 17.1. The van der Waals surface area contributed by atoms with Crippen molar-refractivity contribution in [3.63, 3.8) is 0 Å². The largest absolute Gasteiger partial charge is 0.435 e. The van der Waals surface area contributed by atoms with Gasteiger partial charge in [-0.25, -0.2) is 4.68 Å². The van der Waals surface area contributed by atoms with Crippen LogP contribution in [-0.2, 0) is 19.0 Å². The van der Waals surface area contributed by atoms with E-state index in [1.807, 2.05) is 0 Å². The van der Waals surface area contributed by atoms with Crippen LogP contribution in [0.25, 0.3) is 5.69 Å². The minimum absolute atomic E-state index is 0.270. The summed E-state index contributed by atoms with van der Waals surface area (Å²) in [5.74, 6) is -0.413. The fraction of sp³-hybridized carbons (Fsp3) is 0.238. The van der Waals surface area contributed by atoms with E-state index in [0.717, 1.165) is 6.42 Å². The molecule has 0 bridgehead atoms. The van der Waals surface area contributed by atoms with Crippen LogP contribution >= 0.6 is 23.2 Å². The quantitative estimate of drug-likeness (QED) is 0.503. The molecule has 0 atom stereocenters. The maximum atomic E-state index is 13.4. The minimum Gasteiger partial charge on any atom is -0.321 e. The number of halogens is 5. The average molecular weight is 454 g/mol. The number of carbonyl (C=O) groups is 1. The Labute approximate surface area is 180 Å². The van der Waals surface area contributed by atoms with Gasteiger partial charge in [0.05, 0.1) is 16.4 Å². The number of alkyl halides is 3. The Morgan fingerprint density at radius 1 is 1.03 bits per heavy atom. The molecule has 9 heteroatoms. The van der Waals surface area contributed by atoms with Crippen molar-refractivity contribution in [3.8, 4) is 5.69 Å². The first-order valence-electron chi connectivity index (χ1n) is 9.29. The molecule has 0 unspecified atom stereocenters. The number of carbonyl (C=O) groups excluding carboxylic acids is 1. The molecule has 4 nitrogen and oxygen atoms in total. The molecule has 1 heterocycles. The van der Waals surface area contributed by atoms with E-state index in [9.17, 15) is 18.0 Å². The highest BCUT2D eigenvalue weighted by atomic mass is 35.5. The number of amides is 1. The van der Waals surface area contributed by atoms with Gasteiger partial charge in [0.1, 0.15) is 0 Å². The van der Waals surface area contributed by atoms with Crippen molar-refractivity contribution in [3.05, 3.63) is 75.0 Å². The van der Waals surface area contributed by atoms with Gasteiger partial charge in [0, 0.05) is 21.8 Å². The molecule has 0 saturated heterocycles. The van der Waals surface area contributed by atoms with E-state index in [1.54, 1.807) is 24.3 Å². The van der Waals surface area contributed by atoms with Crippen molar-refractivity contribution in [2.45, 2.75) is 31.9 Å². The van der Waals surface area contributed by atoms with Gasteiger partial charge in [0.25, 0.3) is 5.91 Å². The first-order valence-corrected chi connectivity index (χ1v) is 10.0. The third kappa shape index (κ3) is 4.04. The van der Waals surface area contributed by atoms with Gasteiger partial charge in [-0.1, -0.05) is 23.2 Å². The van der Waals surface area contributed by atoms with E-state index in [0.29, 0.717) is 51.9 Å². The van der Waals surface area contributed by atoms with Crippen molar-refractivity contribution in [1.29, 1.82) is 0 Å². The molecule has 2 aromatic carbocycles. The molecule has 1 N–H and O–H groups in total. The summed E-state index contributed by atoms with van der Waals surface area (Å²) in [7, 11) is 0. The average Bonchev–Trinajstić information content (AvgIpc) is 3.11. The molecule has 4 rings (SSSR count). The molecule has 0 fully saturated rings. The number of anilines is 1. The Morgan fingerprint density at radius 3 is 2.43 bits per heavy atom. The second kappa shape index (κ2) is 7.96. The Bertz CT molecular complexity index is 1110. The SMILES string of the molecule is O=C(Nc1cc(Cl)ccc1Cl)c1ccc(-n2nc(C(F)(F)F)c3c2CCCC3)cc1. The second-order valence-corrected chi connectivity index (χ2v) is 7.86. The molecule has 3 aromatic rings. The van der Waals surface area contributed by atoms with Crippen LogP contribution in [0.1, 0.15) is 40.2 Å². The molecule has 1 amide bonds. The molecule has 0 aliphatic heterocycles. The molecule has 156 valence electrons. The first-order chi connectivity index (χ1) is 14.2. The van der Waals surface area contributed by atoms with Crippen LogP contribution in [0.2, 0.25) is 10.0 Å². The lowest BCUT2D eigenvalue weighted by molar-refractivity contribution is -0.142. The van der Waals surface area contributed by atoms with Crippen molar-refractivity contribution < 1.29 is 18.0 Å². The highest BCUT2D eigenvalue weighted by Crippen LogP contribution is 2.36. The standard InChI is InChI=1S/C21H16Cl2F3N3O/c22-13-7-10-16(23)17(11-13)27-20(30)12-5-8-14(9-6-12)29-18-4-2-1-3-15(18)19(28-29)21(24,25)26/h5-11H,1-4H2,(H,27,30). The van der Waals surface area contributed by atoms with Gasteiger partial charge in [-0.3, -0.25) is 4.79 Å². The lowest BCUT2D eigenvalue weighted by Crippen LogP contribution is -2.13. The van der Waals surface area contributed by atoms with Crippen LogP contribution in [0.3, 0.4) is 0 Å². The van der Waals surface area contributed by atoms with Crippen molar-refractivity contribution >= 4 is 34.8 Å². The van der Waals surface area contributed by atoms with Crippen LogP contribution in [0, 0.1) is 0 Å². The third-order valence-electron chi connectivity index (χ3n) is 5.00. The normalized spacial score (nSPS) is 13.8. The smallest absolute Gasteiger partial charge is 0.321 e. The van der Waals surface area contributed by atoms with Crippen LogP contribution in [0.15, 0.2) is 42.5 Å². The monoisotopic (exact) mass is 453 g/mol. The van der Waals surface area contributed by atoms with E-state index in [4.69, 9.17) is 23.2 Å². The number of hydrogen-bond donors (Lipinski definition) is 1.